The molecule has 32 heavy (non-hydrogen) atoms. The summed E-state index contributed by atoms with van der Waals surface area (Å²) in [6.45, 7) is 2.19. The fraction of sp³-hybridized carbons (Fsp3) is 0.227. The topological polar surface area (TPSA) is 65.5 Å². The average molecular weight is 477 g/mol. The van der Waals surface area contributed by atoms with Crippen LogP contribution < -0.4 is 5.32 Å². The van der Waals surface area contributed by atoms with Gasteiger partial charge in [0.1, 0.15) is 11.6 Å². The van der Waals surface area contributed by atoms with Crippen LogP contribution in [0.4, 0.5) is 13.9 Å². The lowest BCUT2D eigenvalue weighted by atomic mass is 10.1. The Bertz CT molecular complexity index is 1150. The Morgan fingerprint density at radius 2 is 1.84 bits per heavy atom. The number of carbonyl (C=O) groups is 2. The third kappa shape index (κ3) is 5.12. The van der Waals surface area contributed by atoms with Gasteiger partial charge in [-0.1, -0.05) is 23.7 Å². The highest BCUT2D eigenvalue weighted by Crippen LogP contribution is 2.27. The molecule has 3 aromatic rings. The van der Waals surface area contributed by atoms with Crippen LogP contribution >= 0.6 is 22.9 Å². The Balaban J connectivity index is 1.30. The van der Waals surface area contributed by atoms with E-state index in [1.165, 1.54) is 0 Å². The molecular weight excluding hydrogens is 458 g/mol. The highest BCUT2D eigenvalue weighted by atomic mass is 35.5. The number of nitrogens with zero attached hydrogens (tertiary/aromatic N) is 3. The molecular formula is C22H19ClF2N4O2S. The van der Waals surface area contributed by atoms with Crippen LogP contribution in [0.2, 0.25) is 5.02 Å². The van der Waals surface area contributed by atoms with Crippen molar-refractivity contribution in [1.29, 1.82) is 0 Å². The highest BCUT2D eigenvalue weighted by Gasteiger charge is 2.24. The van der Waals surface area contributed by atoms with E-state index in [0.29, 0.717) is 41.9 Å². The van der Waals surface area contributed by atoms with E-state index in [-0.39, 0.29) is 29.6 Å². The number of nitrogens with one attached hydrogen (secondary N) is 1. The number of benzene rings is 2. The van der Waals surface area contributed by atoms with Gasteiger partial charge in [0.05, 0.1) is 22.8 Å². The maximum Gasteiger partial charge on any atom is 0.255 e. The van der Waals surface area contributed by atoms with Crippen molar-refractivity contribution >= 4 is 39.9 Å². The van der Waals surface area contributed by atoms with Gasteiger partial charge in [0.2, 0.25) is 5.91 Å². The molecule has 0 bridgehead atoms. The Kier molecular flexibility index (Phi) is 6.78. The van der Waals surface area contributed by atoms with Gasteiger partial charge in [-0.15, -0.1) is 11.3 Å². The molecule has 0 aliphatic carbocycles. The van der Waals surface area contributed by atoms with Crippen LogP contribution in [0.1, 0.15) is 10.4 Å². The first-order valence-electron chi connectivity index (χ1n) is 9.87. The Morgan fingerprint density at radius 1 is 1.09 bits per heavy atom. The molecule has 0 saturated carbocycles. The van der Waals surface area contributed by atoms with E-state index in [0.717, 1.165) is 29.5 Å². The van der Waals surface area contributed by atoms with Crippen molar-refractivity contribution in [2.24, 2.45) is 0 Å². The maximum atomic E-state index is 13.9. The zero-order valence-electron chi connectivity index (χ0n) is 16.9. The molecule has 1 N–H and O–H groups in total. The number of carbonyl (C=O) groups excluding carboxylic acids is 2. The van der Waals surface area contributed by atoms with Gasteiger partial charge >= 0.3 is 0 Å². The molecule has 166 valence electrons. The summed E-state index contributed by atoms with van der Waals surface area (Å²) in [4.78, 5) is 32.9. The lowest BCUT2D eigenvalue weighted by Gasteiger charge is -2.34. The van der Waals surface area contributed by atoms with Gasteiger partial charge in [-0.25, -0.2) is 13.8 Å². The molecule has 2 heterocycles. The van der Waals surface area contributed by atoms with Crippen LogP contribution in [-0.4, -0.2) is 59.3 Å². The number of aromatic nitrogens is 1. The van der Waals surface area contributed by atoms with E-state index < -0.39 is 11.6 Å². The second-order valence-electron chi connectivity index (χ2n) is 7.26. The standard InChI is InChI=1S/C22H19ClF2N4O2S/c23-17-4-2-1-3-15(17)21(31)29-9-7-28(8-10-29)12-20(30)27-22-26-19(13-32-22)16-11-14(24)5-6-18(16)25/h1-6,11,13H,7-10,12H2,(H,26,27,30). The predicted octanol–water partition coefficient (Wildman–Crippen LogP) is 4.14. The van der Waals surface area contributed by atoms with Crippen LogP contribution in [0, 0.1) is 11.6 Å². The minimum Gasteiger partial charge on any atom is -0.336 e. The van der Waals surface area contributed by atoms with Crippen molar-refractivity contribution in [2.75, 3.05) is 38.0 Å². The molecule has 6 nitrogen and oxygen atoms in total. The van der Waals surface area contributed by atoms with Gasteiger partial charge in [-0.2, -0.15) is 0 Å². The third-order valence-corrected chi connectivity index (χ3v) is 6.17. The summed E-state index contributed by atoms with van der Waals surface area (Å²) < 4.78 is 27.3. The van der Waals surface area contributed by atoms with Crippen LogP contribution in [0.25, 0.3) is 11.3 Å². The van der Waals surface area contributed by atoms with Crippen LogP contribution in [0.5, 0.6) is 0 Å². The van der Waals surface area contributed by atoms with Crippen LogP contribution in [0.15, 0.2) is 47.8 Å². The molecule has 1 aromatic heterocycles. The molecule has 0 atom stereocenters. The van der Waals surface area contributed by atoms with E-state index in [1.54, 1.807) is 34.5 Å². The summed E-state index contributed by atoms with van der Waals surface area (Å²) in [6, 6.07) is 10.1. The Labute approximate surface area is 192 Å². The molecule has 1 aliphatic rings. The molecule has 0 radical (unpaired) electrons. The fourth-order valence-electron chi connectivity index (χ4n) is 3.42. The van der Waals surface area contributed by atoms with Gasteiger partial charge < -0.3 is 10.2 Å². The number of thiazole rings is 1. The highest BCUT2D eigenvalue weighted by molar-refractivity contribution is 7.14. The summed E-state index contributed by atoms with van der Waals surface area (Å²) in [5, 5.41) is 4.98. The average Bonchev–Trinajstić information content (AvgIpc) is 3.24. The lowest BCUT2D eigenvalue weighted by Crippen LogP contribution is -2.50. The minimum atomic E-state index is -0.584. The summed E-state index contributed by atoms with van der Waals surface area (Å²) >= 11 is 7.25. The number of rotatable bonds is 5. The number of hydrogen-bond donors (Lipinski definition) is 1. The number of amides is 2. The number of anilines is 1. The zero-order valence-corrected chi connectivity index (χ0v) is 18.4. The molecule has 10 heteroatoms. The quantitative estimate of drug-likeness (QED) is 0.601. The normalized spacial score (nSPS) is 14.4. The molecule has 1 aliphatic heterocycles. The first-order valence-corrected chi connectivity index (χ1v) is 11.1. The molecule has 1 fully saturated rings. The maximum absolute atomic E-state index is 13.9. The van der Waals surface area contributed by atoms with Gasteiger partial charge in [0.25, 0.3) is 5.91 Å². The fourth-order valence-corrected chi connectivity index (χ4v) is 4.37. The first-order chi connectivity index (χ1) is 15.4. The summed E-state index contributed by atoms with van der Waals surface area (Å²) in [5.41, 5.74) is 0.768. The number of halogens is 3. The Hall–Kier alpha value is -2.88. The monoisotopic (exact) mass is 476 g/mol. The molecule has 0 spiro atoms. The zero-order chi connectivity index (χ0) is 22.7. The van der Waals surface area contributed by atoms with Crippen molar-refractivity contribution in [2.45, 2.75) is 0 Å². The van der Waals surface area contributed by atoms with Crippen molar-refractivity contribution in [1.82, 2.24) is 14.8 Å². The third-order valence-electron chi connectivity index (χ3n) is 5.09. The summed E-state index contributed by atoms with van der Waals surface area (Å²) in [7, 11) is 0. The van der Waals surface area contributed by atoms with E-state index >= 15 is 0 Å². The second kappa shape index (κ2) is 9.72. The van der Waals surface area contributed by atoms with E-state index in [1.807, 2.05) is 4.90 Å². The van der Waals surface area contributed by atoms with Gasteiger partial charge in [-0.05, 0) is 30.3 Å². The van der Waals surface area contributed by atoms with E-state index in [9.17, 15) is 18.4 Å². The molecule has 1 saturated heterocycles. The minimum absolute atomic E-state index is 0.0426. The SMILES string of the molecule is O=C(CN1CCN(C(=O)c2ccccc2Cl)CC1)Nc1nc(-c2cc(F)ccc2F)cs1. The molecule has 2 amide bonds. The van der Waals surface area contributed by atoms with Crippen molar-refractivity contribution in [3.8, 4) is 11.3 Å². The van der Waals surface area contributed by atoms with Crippen molar-refractivity contribution in [3.63, 3.8) is 0 Å². The smallest absolute Gasteiger partial charge is 0.255 e. The van der Waals surface area contributed by atoms with Crippen LogP contribution in [-0.2, 0) is 4.79 Å². The largest absolute Gasteiger partial charge is 0.336 e. The van der Waals surface area contributed by atoms with Crippen molar-refractivity contribution < 1.29 is 18.4 Å². The van der Waals surface area contributed by atoms with Crippen LogP contribution in [0.3, 0.4) is 0 Å². The number of hydrogen-bond acceptors (Lipinski definition) is 5. The predicted molar refractivity (Wildman–Crippen MR) is 120 cm³/mol. The van der Waals surface area contributed by atoms with Crippen molar-refractivity contribution in [3.05, 3.63) is 70.1 Å². The Morgan fingerprint density at radius 3 is 2.59 bits per heavy atom. The molecule has 4 rings (SSSR count). The second-order valence-corrected chi connectivity index (χ2v) is 8.52. The number of piperazine rings is 1. The van der Waals surface area contributed by atoms with Gasteiger partial charge in [-0.3, -0.25) is 14.5 Å². The van der Waals surface area contributed by atoms with E-state index in [4.69, 9.17) is 11.6 Å². The van der Waals surface area contributed by atoms with Gasteiger partial charge in [0, 0.05) is 37.1 Å². The molecule has 2 aromatic carbocycles. The summed E-state index contributed by atoms with van der Waals surface area (Å²) in [5.74, 6) is -1.54. The summed E-state index contributed by atoms with van der Waals surface area (Å²) in [6.07, 6.45) is 0. The lowest BCUT2D eigenvalue weighted by molar-refractivity contribution is -0.117. The van der Waals surface area contributed by atoms with E-state index in [2.05, 4.69) is 10.3 Å². The molecule has 0 unspecified atom stereocenters. The first kappa shape index (κ1) is 22.3. The van der Waals surface area contributed by atoms with Gasteiger partial charge in [0.15, 0.2) is 5.13 Å².